The number of nitrogens with one attached hydrogen (secondary N) is 1. The second kappa shape index (κ2) is 9.33. The number of amides is 1. The lowest BCUT2D eigenvalue weighted by molar-refractivity contribution is -0.116. The van der Waals surface area contributed by atoms with Crippen LogP contribution >= 0.6 is 11.6 Å². The summed E-state index contributed by atoms with van der Waals surface area (Å²) >= 11 is 6.18. The van der Waals surface area contributed by atoms with Gasteiger partial charge < -0.3 is 14.5 Å². The molecule has 0 bridgehead atoms. The van der Waals surface area contributed by atoms with Crippen LogP contribution in [0.1, 0.15) is 23.6 Å². The van der Waals surface area contributed by atoms with E-state index in [1.807, 2.05) is 37.3 Å². The highest BCUT2D eigenvalue weighted by molar-refractivity contribution is 6.31. The van der Waals surface area contributed by atoms with Crippen LogP contribution in [0, 0.1) is 6.92 Å². The SMILES string of the molecule is COc1cc2occ(-c3ccc(C)cc3)c2cc1/C(C)=C/C(=O)NCc1ccccc1Cl. The van der Waals surface area contributed by atoms with Crippen molar-refractivity contribution in [3.63, 3.8) is 0 Å². The molecule has 0 unspecified atom stereocenters. The Kier molecular flexibility index (Phi) is 6.33. The minimum absolute atomic E-state index is 0.199. The van der Waals surface area contributed by atoms with Crippen molar-refractivity contribution in [1.82, 2.24) is 5.32 Å². The molecule has 0 atom stereocenters. The van der Waals surface area contributed by atoms with E-state index in [9.17, 15) is 4.79 Å². The quantitative estimate of drug-likeness (QED) is 0.332. The molecule has 0 aliphatic heterocycles. The number of halogens is 1. The molecule has 0 radical (unpaired) electrons. The van der Waals surface area contributed by atoms with Gasteiger partial charge in [-0.3, -0.25) is 4.79 Å². The number of hydrogen-bond acceptors (Lipinski definition) is 3. The van der Waals surface area contributed by atoms with E-state index >= 15 is 0 Å². The van der Waals surface area contributed by atoms with Crippen LogP contribution in [0.2, 0.25) is 5.02 Å². The molecule has 0 aliphatic carbocycles. The number of allylic oxidation sites excluding steroid dienone is 1. The molecule has 3 aromatic carbocycles. The molecule has 5 heteroatoms. The molecular formula is C27H24ClNO3. The molecule has 0 saturated heterocycles. The van der Waals surface area contributed by atoms with E-state index in [1.165, 1.54) is 5.56 Å². The molecule has 162 valence electrons. The highest BCUT2D eigenvalue weighted by Crippen LogP contribution is 2.37. The average molecular weight is 446 g/mol. The molecule has 0 spiro atoms. The third-order valence-electron chi connectivity index (χ3n) is 5.44. The Bertz CT molecular complexity index is 1300. The van der Waals surface area contributed by atoms with E-state index in [-0.39, 0.29) is 5.91 Å². The van der Waals surface area contributed by atoms with Crippen LogP contribution in [0.3, 0.4) is 0 Å². The van der Waals surface area contributed by atoms with Gasteiger partial charge in [-0.05, 0) is 42.7 Å². The fourth-order valence-corrected chi connectivity index (χ4v) is 3.84. The van der Waals surface area contributed by atoms with Crippen LogP contribution in [0.4, 0.5) is 0 Å². The number of fused-ring (bicyclic) bond motifs is 1. The van der Waals surface area contributed by atoms with Crippen molar-refractivity contribution in [2.45, 2.75) is 20.4 Å². The molecule has 1 heterocycles. The maximum atomic E-state index is 12.6. The van der Waals surface area contributed by atoms with Gasteiger partial charge in [0.05, 0.1) is 13.4 Å². The lowest BCUT2D eigenvalue weighted by Crippen LogP contribution is -2.20. The largest absolute Gasteiger partial charge is 0.496 e. The van der Waals surface area contributed by atoms with E-state index in [4.69, 9.17) is 20.8 Å². The monoisotopic (exact) mass is 445 g/mol. The molecule has 1 aromatic heterocycles. The predicted molar refractivity (Wildman–Crippen MR) is 130 cm³/mol. The highest BCUT2D eigenvalue weighted by Gasteiger charge is 2.15. The first-order valence-electron chi connectivity index (χ1n) is 10.3. The minimum atomic E-state index is -0.199. The smallest absolute Gasteiger partial charge is 0.244 e. The zero-order valence-corrected chi connectivity index (χ0v) is 19.0. The third-order valence-corrected chi connectivity index (χ3v) is 5.81. The second-order valence-corrected chi connectivity index (χ2v) is 8.11. The number of carbonyl (C=O) groups excluding carboxylic acids is 1. The predicted octanol–water partition coefficient (Wildman–Crippen LogP) is 6.79. The van der Waals surface area contributed by atoms with Crippen LogP contribution in [0.25, 0.3) is 27.7 Å². The van der Waals surface area contributed by atoms with Crippen molar-refractivity contribution in [1.29, 1.82) is 0 Å². The minimum Gasteiger partial charge on any atom is -0.496 e. The first kappa shape index (κ1) is 21.7. The first-order valence-corrected chi connectivity index (χ1v) is 10.7. The molecule has 4 aromatic rings. The average Bonchev–Trinajstić information content (AvgIpc) is 3.21. The lowest BCUT2D eigenvalue weighted by Gasteiger charge is -2.10. The van der Waals surface area contributed by atoms with E-state index in [2.05, 4.69) is 36.5 Å². The summed E-state index contributed by atoms with van der Waals surface area (Å²) in [6, 6.07) is 19.6. The summed E-state index contributed by atoms with van der Waals surface area (Å²) < 4.78 is 11.4. The molecule has 0 aliphatic rings. The normalized spacial score (nSPS) is 11.6. The maximum Gasteiger partial charge on any atom is 0.244 e. The van der Waals surface area contributed by atoms with Crippen LogP contribution in [0.15, 0.2) is 77.4 Å². The van der Waals surface area contributed by atoms with Crippen LogP contribution in [-0.2, 0) is 11.3 Å². The van der Waals surface area contributed by atoms with Crippen molar-refractivity contribution in [3.05, 3.63) is 94.7 Å². The number of rotatable bonds is 6. The van der Waals surface area contributed by atoms with Gasteiger partial charge in [0.1, 0.15) is 11.3 Å². The van der Waals surface area contributed by atoms with Crippen LogP contribution < -0.4 is 10.1 Å². The Balaban J connectivity index is 1.64. The van der Waals surface area contributed by atoms with Crippen molar-refractivity contribution in [2.24, 2.45) is 0 Å². The first-order chi connectivity index (χ1) is 15.5. The van der Waals surface area contributed by atoms with Crippen LogP contribution in [-0.4, -0.2) is 13.0 Å². The summed E-state index contributed by atoms with van der Waals surface area (Å²) in [6.45, 7) is 4.31. The van der Waals surface area contributed by atoms with Gasteiger partial charge in [-0.1, -0.05) is 59.6 Å². The van der Waals surface area contributed by atoms with Gasteiger partial charge in [0.15, 0.2) is 0 Å². The van der Waals surface area contributed by atoms with E-state index < -0.39 is 0 Å². The molecule has 1 N–H and O–H groups in total. The Hall–Kier alpha value is -3.50. The van der Waals surface area contributed by atoms with E-state index in [0.717, 1.165) is 38.8 Å². The number of furan rings is 1. The molecule has 32 heavy (non-hydrogen) atoms. The summed E-state index contributed by atoms with van der Waals surface area (Å²) in [5.41, 5.74) is 6.50. The summed E-state index contributed by atoms with van der Waals surface area (Å²) in [4.78, 5) is 12.6. The van der Waals surface area contributed by atoms with Gasteiger partial charge in [0.2, 0.25) is 5.91 Å². The second-order valence-electron chi connectivity index (χ2n) is 7.70. The molecule has 0 fully saturated rings. The number of hydrogen-bond donors (Lipinski definition) is 1. The van der Waals surface area contributed by atoms with Gasteiger partial charge in [0, 0.05) is 40.2 Å². The fraction of sp³-hybridized carbons (Fsp3) is 0.148. The molecule has 1 amide bonds. The third kappa shape index (κ3) is 4.56. The van der Waals surface area contributed by atoms with Crippen molar-refractivity contribution >= 4 is 34.1 Å². The zero-order chi connectivity index (χ0) is 22.7. The zero-order valence-electron chi connectivity index (χ0n) is 18.2. The topological polar surface area (TPSA) is 51.5 Å². The molecule has 0 saturated carbocycles. The van der Waals surface area contributed by atoms with Crippen molar-refractivity contribution in [2.75, 3.05) is 7.11 Å². The van der Waals surface area contributed by atoms with E-state index in [0.29, 0.717) is 17.3 Å². The fourth-order valence-electron chi connectivity index (χ4n) is 3.64. The van der Waals surface area contributed by atoms with Gasteiger partial charge in [-0.2, -0.15) is 0 Å². The summed E-state index contributed by atoms with van der Waals surface area (Å²) in [6.07, 6.45) is 3.33. The summed E-state index contributed by atoms with van der Waals surface area (Å²) in [7, 11) is 1.61. The lowest BCUT2D eigenvalue weighted by atomic mass is 9.99. The summed E-state index contributed by atoms with van der Waals surface area (Å²) in [5.74, 6) is 0.450. The van der Waals surface area contributed by atoms with Gasteiger partial charge in [0.25, 0.3) is 0 Å². The summed E-state index contributed by atoms with van der Waals surface area (Å²) in [5, 5.41) is 4.49. The Morgan fingerprint density at radius 2 is 1.88 bits per heavy atom. The standard InChI is InChI=1S/C27H24ClNO3/c1-17-8-10-19(11-9-17)23-16-32-26-14-25(31-3)21(13-22(23)26)18(2)12-27(30)29-15-20-6-4-5-7-24(20)28/h4-14,16H,15H2,1-3H3,(H,29,30)/b18-12+. The van der Waals surface area contributed by atoms with Gasteiger partial charge >= 0.3 is 0 Å². The molecule has 4 nitrogen and oxygen atoms in total. The maximum absolute atomic E-state index is 12.6. The number of ether oxygens (including phenoxy) is 1. The number of carbonyl (C=O) groups is 1. The number of benzene rings is 3. The van der Waals surface area contributed by atoms with Gasteiger partial charge in [-0.25, -0.2) is 0 Å². The molecule has 4 rings (SSSR count). The van der Waals surface area contributed by atoms with Crippen molar-refractivity contribution < 1.29 is 13.9 Å². The Morgan fingerprint density at radius 1 is 1.12 bits per heavy atom. The van der Waals surface area contributed by atoms with Crippen molar-refractivity contribution in [3.8, 4) is 16.9 Å². The Morgan fingerprint density at radius 3 is 2.59 bits per heavy atom. The number of aryl methyl sites for hydroxylation is 1. The number of methoxy groups -OCH3 is 1. The Labute approximate surface area is 192 Å². The van der Waals surface area contributed by atoms with Crippen LogP contribution in [0.5, 0.6) is 5.75 Å². The highest BCUT2D eigenvalue weighted by atomic mass is 35.5. The van der Waals surface area contributed by atoms with E-state index in [1.54, 1.807) is 25.5 Å². The molecular weight excluding hydrogens is 422 g/mol. The van der Waals surface area contributed by atoms with Gasteiger partial charge in [-0.15, -0.1) is 0 Å².